The van der Waals surface area contributed by atoms with Gasteiger partial charge in [0.2, 0.25) is 0 Å². The molecule has 0 aliphatic rings. The molecule has 0 bridgehead atoms. The molecule has 1 aromatic carbocycles. The minimum atomic E-state index is 0. The highest BCUT2D eigenvalue weighted by atomic mass is 127. The fourth-order valence-electron chi connectivity index (χ4n) is 2.70. The summed E-state index contributed by atoms with van der Waals surface area (Å²) in [5, 5.41) is 10.6. The largest absolute Gasteiger partial charge is 0.357 e. The van der Waals surface area contributed by atoms with Crippen LogP contribution in [0.5, 0.6) is 0 Å². The second-order valence-corrected chi connectivity index (χ2v) is 6.26. The van der Waals surface area contributed by atoms with Gasteiger partial charge in [0, 0.05) is 32.3 Å². The van der Waals surface area contributed by atoms with Gasteiger partial charge in [-0.3, -0.25) is 9.98 Å². The lowest BCUT2D eigenvalue weighted by atomic mass is 10.1. The van der Waals surface area contributed by atoms with Gasteiger partial charge in [-0.15, -0.1) is 24.0 Å². The van der Waals surface area contributed by atoms with Gasteiger partial charge in [-0.25, -0.2) is 0 Å². The predicted molar refractivity (Wildman–Crippen MR) is 125 cm³/mol. The Morgan fingerprint density at radius 2 is 1.86 bits per heavy atom. The van der Waals surface area contributed by atoms with Crippen LogP contribution in [0.2, 0.25) is 0 Å². The summed E-state index contributed by atoms with van der Waals surface area (Å²) >= 11 is 0. The molecule has 154 valence electrons. The molecular weight excluding hydrogens is 479 g/mol. The van der Waals surface area contributed by atoms with Gasteiger partial charge in [0.15, 0.2) is 11.8 Å². The van der Waals surface area contributed by atoms with E-state index < -0.39 is 0 Å². The lowest BCUT2D eigenvalue weighted by Gasteiger charge is -2.10. The molecule has 0 fully saturated rings. The van der Waals surface area contributed by atoms with Crippen LogP contribution >= 0.6 is 24.0 Å². The van der Waals surface area contributed by atoms with Gasteiger partial charge in [0.25, 0.3) is 5.89 Å². The maximum absolute atomic E-state index is 5.28. The molecule has 2 N–H and O–H groups in total. The van der Waals surface area contributed by atoms with Gasteiger partial charge in [-0.2, -0.15) is 4.98 Å². The molecule has 0 unspecified atom stereocenters. The first kappa shape index (κ1) is 22.8. The van der Waals surface area contributed by atoms with E-state index in [9.17, 15) is 0 Å². The third-order valence-corrected chi connectivity index (χ3v) is 4.07. The zero-order valence-electron chi connectivity index (χ0n) is 16.5. The van der Waals surface area contributed by atoms with E-state index in [4.69, 9.17) is 4.52 Å². The highest BCUT2D eigenvalue weighted by Crippen LogP contribution is 2.13. The standard InChI is InChI=1S/C21H26N6O.HI/c1-2-22-21(24-15-8-11-17-9-4-3-5-10-17)25-16-13-19-26-20(28-27-19)18-12-6-7-14-23-18;/h3-7,9-10,12,14H,2,8,11,13,15-16H2,1H3,(H2,22,24,25);1H. The average Bonchev–Trinajstić information content (AvgIpc) is 3.21. The summed E-state index contributed by atoms with van der Waals surface area (Å²) in [6, 6.07) is 16.1. The van der Waals surface area contributed by atoms with Crippen molar-refractivity contribution in [3.8, 4) is 11.6 Å². The molecule has 0 saturated carbocycles. The van der Waals surface area contributed by atoms with Crippen LogP contribution in [0.15, 0.2) is 64.2 Å². The summed E-state index contributed by atoms with van der Waals surface area (Å²) in [6.07, 6.45) is 4.39. The third kappa shape index (κ3) is 7.80. The number of rotatable bonds is 9. The first-order valence-electron chi connectivity index (χ1n) is 9.65. The van der Waals surface area contributed by atoms with Gasteiger partial charge in [0.05, 0.1) is 0 Å². The number of aromatic nitrogens is 3. The van der Waals surface area contributed by atoms with E-state index in [2.05, 4.69) is 61.9 Å². The smallest absolute Gasteiger partial charge is 0.276 e. The Morgan fingerprint density at radius 1 is 1.03 bits per heavy atom. The Hall–Kier alpha value is -2.49. The van der Waals surface area contributed by atoms with E-state index >= 15 is 0 Å². The summed E-state index contributed by atoms with van der Waals surface area (Å²) in [7, 11) is 0. The van der Waals surface area contributed by atoms with Crippen molar-refractivity contribution >= 4 is 29.9 Å². The van der Waals surface area contributed by atoms with E-state index in [0.29, 0.717) is 30.4 Å². The Labute approximate surface area is 188 Å². The van der Waals surface area contributed by atoms with E-state index in [0.717, 1.165) is 31.9 Å². The molecular formula is C21H27IN6O. The van der Waals surface area contributed by atoms with Crippen molar-refractivity contribution in [2.75, 3.05) is 19.6 Å². The zero-order chi connectivity index (χ0) is 19.4. The lowest BCUT2D eigenvalue weighted by molar-refractivity contribution is 0.421. The van der Waals surface area contributed by atoms with Crippen LogP contribution in [0.4, 0.5) is 0 Å². The maximum atomic E-state index is 5.28. The highest BCUT2D eigenvalue weighted by molar-refractivity contribution is 14.0. The summed E-state index contributed by atoms with van der Waals surface area (Å²) in [5.74, 6) is 1.90. The monoisotopic (exact) mass is 506 g/mol. The molecule has 2 aromatic heterocycles. The minimum absolute atomic E-state index is 0. The molecule has 8 heteroatoms. The summed E-state index contributed by atoms with van der Waals surface area (Å²) < 4.78 is 5.28. The number of nitrogens with one attached hydrogen (secondary N) is 2. The maximum Gasteiger partial charge on any atom is 0.276 e. The van der Waals surface area contributed by atoms with Crippen LogP contribution in [0.25, 0.3) is 11.6 Å². The Bertz CT molecular complexity index is 854. The lowest BCUT2D eigenvalue weighted by Crippen LogP contribution is -2.38. The van der Waals surface area contributed by atoms with Crippen molar-refractivity contribution < 1.29 is 4.52 Å². The molecule has 29 heavy (non-hydrogen) atoms. The van der Waals surface area contributed by atoms with Crippen molar-refractivity contribution in [1.29, 1.82) is 0 Å². The normalized spacial score (nSPS) is 11.0. The second-order valence-electron chi connectivity index (χ2n) is 6.26. The fourth-order valence-corrected chi connectivity index (χ4v) is 2.70. The molecule has 0 radical (unpaired) electrons. The molecule has 2 heterocycles. The van der Waals surface area contributed by atoms with E-state index in [1.54, 1.807) is 6.20 Å². The molecule has 0 saturated heterocycles. The van der Waals surface area contributed by atoms with E-state index in [1.165, 1.54) is 5.56 Å². The van der Waals surface area contributed by atoms with Gasteiger partial charge in [-0.1, -0.05) is 41.6 Å². The number of halogens is 1. The number of hydrogen-bond acceptors (Lipinski definition) is 5. The predicted octanol–water partition coefficient (Wildman–Crippen LogP) is 3.48. The van der Waals surface area contributed by atoms with Gasteiger partial charge < -0.3 is 15.2 Å². The van der Waals surface area contributed by atoms with E-state index in [-0.39, 0.29) is 24.0 Å². The van der Waals surface area contributed by atoms with Gasteiger partial charge >= 0.3 is 0 Å². The van der Waals surface area contributed by atoms with Gasteiger partial charge in [-0.05, 0) is 37.5 Å². The number of nitrogens with zero attached hydrogens (tertiary/aromatic N) is 4. The molecule has 0 atom stereocenters. The summed E-state index contributed by atoms with van der Waals surface area (Å²) in [6.45, 7) is 4.32. The first-order chi connectivity index (χ1) is 13.8. The van der Waals surface area contributed by atoms with Crippen LogP contribution in [0, 0.1) is 0 Å². The quantitative estimate of drug-likeness (QED) is 0.200. The molecule has 0 amide bonds. The number of aryl methyl sites for hydroxylation is 1. The number of hydrogen-bond donors (Lipinski definition) is 2. The number of pyridine rings is 1. The topological polar surface area (TPSA) is 88.2 Å². The number of aliphatic imine (C=N–C) groups is 1. The summed E-state index contributed by atoms with van der Waals surface area (Å²) in [5.41, 5.74) is 2.03. The van der Waals surface area contributed by atoms with Crippen LogP contribution in [0.1, 0.15) is 24.7 Å². The van der Waals surface area contributed by atoms with Crippen molar-refractivity contribution in [2.45, 2.75) is 26.2 Å². The summed E-state index contributed by atoms with van der Waals surface area (Å²) in [4.78, 5) is 13.2. The van der Waals surface area contributed by atoms with Gasteiger partial charge in [0.1, 0.15) is 5.69 Å². The zero-order valence-corrected chi connectivity index (χ0v) is 18.9. The van der Waals surface area contributed by atoms with Crippen LogP contribution in [-0.2, 0) is 12.8 Å². The number of benzene rings is 1. The van der Waals surface area contributed by atoms with Crippen molar-refractivity contribution in [1.82, 2.24) is 25.8 Å². The van der Waals surface area contributed by atoms with Crippen LogP contribution in [-0.4, -0.2) is 40.7 Å². The third-order valence-electron chi connectivity index (χ3n) is 4.07. The average molecular weight is 506 g/mol. The van der Waals surface area contributed by atoms with Crippen molar-refractivity contribution in [3.05, 3.63) is 66.1 Å². The molecule has 0 aliphatic heterocycles. The van der Waals surface area contributed by atoms with Crippen LogP contribution < -0.4 is 10.6 Å². The highest BCUT2D eigenvalue weighted by Gasteiger charge is 2.09. The Morgan fingerprint density at radius 3 is 2.62 bits per heavy atom. The Balaban J connectivity index is 0.00000300. The van der Waals surface area contributed by atoms with Crippen molar-refractivity contribution in [2.24, 2.45) is 4.99 Å². The fraction of sp³-hybridized carbons (Fsp3) is 0.333. The SMILES string of the molecule is CCNC(=NCCCc1ccccc1)NCCc1noc(-c2ccccn2)n1.I. The molecule has 0 aliphatic carbocycles. The van der Waals surface area contributed by atoms with Crippen molar-refractivity contribution in [3.63, 3.8) is 0 Å². The molecule has 7 nitrogen and oxygen atoms in total. The first-order valence-corrected chi connectivity index (χ1v) is 9.65. The Kier molecular flexibility index (Phi) is 10.1. The van der Waals surface area contributed by atoms with Crippen LogP contribution in [0.3, 0.4) is 0 Å². The molecule has 0 spiro atoms. The second kappa shape index (κ2) is 12.9. The molecule has 3 aromatic rings. The number of guanidine groups is 1. The molecule has 3 rings (SSSR count). The minimum Gasteiger partial charge on any atom is -0.357 e. The van der Waals surface area contributed by atoms with E-state index in [1.807, 2.05) is 24.3 Å².